The van der Waals surface area contributed by atoms with Gasteiger partial charge in [-0.2, -0.15) is 0 Å². The van der Waals surface area contributed by atoms with Crippen LogP contribution >= 0.6 is 0 Å². The molecule has 2 aliphatic rings. The topological polar surface area (TPSA) is 72.9 Å². The highest BCUT2D eigenvalue weighted by Gasteiger charge is 2.39. The van der Waals surface area contributed by atoms with Crippen LogP contribution in [0.4, 0.5) is 4.39 Å². The molecule has 2 aromatic carbocycles. The second-order valence-corrected chi connectivity index (χ2v) is 9.49. The lowest BCUT2D eigenvalue weighted by molar-refractivity contribution is -0.146. The van der Waals surface area contributed by atoms with Crippen LogP contribution in [0.3, 0.4) is 0 Å². The molecule has 3 atom stereocenters. The van der Waals surface area contributed by atoms with Crippen LogP contribution in [0, 0.1) is 24.6 Å². The molecule has 0 N–H and O–H groups in total. The van der Waals surface area contributed by atoms with Crippen LogP contribution < -0.4 is 4.74 Å². The molecule has 1 aliphatic carbocycles. The molecule has 1 heterocycles. The van der Waals surface area contributed by atoms with Gasteiger partial charge in [-0.1, -0.05) is 12.8 Å². The van der Waals surface area contributed by atoms with Gasteiger partial charge in [-0.05, 0) is 74.7 Å². The van der Waals surface area contributed by atoms with Crippen LogP contribution in [-0.4, -0.2) is 54.8 Å². The number of halogens is 1. The van der Waals surface area contributed by atoms with Crippen molar-refractivity contribution in [2.24, 2.45) is 11.8 Å². The summed E-state index contributed by atoms with van der Waals surface area (Å²) in [4.78, 5) is 40.1. The Kier molecular flexibility index (Phi) is 7.96. The van der Waals surface area contributed by atoms with Crippen LogP contribution in [0.5, 0.6) is 5.75 Å². The number of rotatable bonds is 7. The minimum atomic E-state index is -0.387. The monoisotopic (exact) mass is 481 g/mol. The van der Waals surface area contributed by atoms with Crippen molar-refractivity contribution in [1.29, 1.82) is 0 Å². The molecular formula is C28H32FNO5. The number of ketones is 2. The van der Waals surface area contributed by atoms with Gasteiger partial charge in [-0.25, -0.2) is 4.39 Å². The number of morpholine rings is 1. The fourth-order valence-electron chi connectivity index (χ4n) is 5.13. The van der Waals surface area contributed by atoms with E-state index in [1.165, 1.54) is 31.2 Å². The minimum Gasteiger partial charge on any atom is -0.491 e. The zero-order valence-corrected chi connectivity index (χ0v) is 20.3. The summed E-state index contributed by atoms with van der Waals surface area (Å²) in [6.45, 7) is 4.98. The molecule has 0 bridgehead atoms. The quantitative estimate of drug-likeness (QED) is 0.539. The molecule has 1 amide bonds. The van der Waals surface area contributed by atoms with Gasteiger partial charge in [0, 0.05) is 29.5 Å². The third kappa shape index (κ3) is 5.96. The molecule has 35 heavy (non-hydrogen) atoms. The third-order valence-electron chi connectivity index (χ3n) is 7.01. The van der Waals surface area contributed by atoms with Gasteiger partial charge >= 0.3 is 0 Å². The number of carbonyl (C=O) groups is 3. The van der Waals surface area contributed by atoms with Crippen LogP contribution in [0.2, 0.25) is 0 Å². The maximum Gasteiger partial charge on any atom is 0.226 e. The minimum absolute atomic E-state index is 0.0118. The van der Waals surface area contributed by atoms with E-state index in [0.29, 0.717) is 49.4 Å². The van der Waals surface area contributed by atoms with Crippen molar-refractivity contribution >= 4 is 17.5 Å². The molecule has 2 aromatic rings. The summed E-state index contributed by atoms with van der Waals surface area (Å²) < 4.78 is 25.1. The molecule has 7 heteroatoms. The second kappa shape index (κ2) is 11.1. The molecule has 3 unspecified atom stereocenters. The van der Waals surface area contributed by atoms with E-state index in [9.17, 15) is 18.8 Å². The van der Waals surface area contributed by atoms with E-state index in [4.69, 9.17) is 9.47 Å². The lowest BCUT2D eigenvalue weighted by Gasteiger charge is -2.38. The van der Waals surface area contributed by atoms with Gasteiger partial charge in [-0.15, -0.1) is 0 Å². The lowest BCUT2D eigenvalue weighted by Crippen LogP contribution is -2.51. The fraction of sp³-hybridized carbons (Fsp3) is 0.464. The number of hydrogen-bond acceptors (Lipinski definition) is 5. The summed E-state index contributed by atoms with van der Waals surface area (Å²) in [5.74, 6) is -0.579. The Labute approximate surface area is 205 Å². The highest BCUT2D eigenvalue weighted by molar-refractivity contribution is 6.00. The Hall–Kier alpha value is -3.06. The normalized spacial score (nSPS) is 22.5. The maximum absolute atomic E-state index is 13.5. The van der Waals surface area contributed by atoms with Crippen molar-refractivity contribution in [1.82, 2.24) is 4.90 Å². The van der Waals surface area contributed by atoms with E-state index in [0.717, 1.165) is 18.4 Å². The van der Waals surface area contributed by atoms with Crippen molar-refractivity contribution in [3.05, 3.63) is 65.0 Å². The fourth-order valence-corrected chi connectivity index (χ4v) is 5.13. The van der Waals surface area contributed by atoms with E-state index in [-0.39, 0.29) is 47.8 Å². The van der Waals surface area contributed by atoms with Crippen molar-refractivity contribution in [3.63, 3.8) is 0 Å². The van der Waals surface area contributed by atoms with Crippen LogP contribution in [-0.2, 0) is 9.53 Å². The van der Waals surface area contributed by atoms with E-state index in [2.05, 4.69) is 0 Å². The van der Waals surface area contributed by atoms with Gasteiger partial charge in [-0.3, -0.25) is 14.4 Å². The van der Waals surface area contributed by atoms with Crippen LogP contribution in [0.25, 0.3) is 0 Å². The predicted molar refractivity (Wildman–Crippen MR) is 129 cm³/mol. The van der Waals surface area contributed by atoms with E-state index >= 15 is 0 Å². The number of amides is 1. The molecule has 0 spiro atoms. The van der Waals surface area contributed by atoms with E-state index in [1.807, 2.05) is 13.0 Å². The Balaban J connectivity index is 1.38. The summed E-state index contributed by atoms with van der Waals surface area (Å²) >= 11 is 0. The van der Waals surface area contributed by atoms with Crippen molar-refractivity contribution in [2.75, 3.05) is 26.3 Å². The van der Waals surface area contributed by atoms with E-state index < -0.39 is 0 Å². The van der Waals surface area contributed by atoms with E-state index in [1.54, 1.807) is 17.0 Å². The molecule has 0 radical (unpaired) electrons. The Morgan fingerprint density at radius 2 is 1.77 bits per heavy atom. The van der Waals surface area contributed by atoms with Gasteiger partial charge in [0.2, 0.25) is 5.91 Å². The number of Topliss-reactive ketones (excluding diaryl/α,β-unsaturated/α-hetero) is 2. The van der Waals surface area contributed by atoms with Gasteiger partial charge < -0.3 is 14.4 Å². The maximum atomic E-state index is 13.5. The van der Waals surface area contributed by atoms with Crippen molar-refractivity contribution < 1.29 is 28.2 Å². The molecule has 1 aliphatic heterocycles. The number of hydrogen-bond donors (Lipinski definition) is 0. The predicted octanol–water partition coefficient (Wildman–Crippen LogP) is 4.63. The Morgan fingerprint density at radius 3 is 2.46 bits per heavy atom. The molecule has 1 saturated heterocycles. The second-order valence-electron chi connectivity index (χ2n) is 9.49. The molecular weight excluding hydrogens is 449 g/mol. The molecule has 6 nitrogen and oxygen atoms in total. The first-order chi connectivity index (χ1) is 16.8. The summed E-state index contributed by atoms with van der Waals surface area (Å²) in [7, 11) is 0. The van der Waals surface area contributed by atoms with Gasteiger partial charge in [0.25, 0.3) is 0 Å². The zero-order valence-electron chi connectivity index (χ0n) is 20.3. The van der Waals surface area contributed by atoms with Gasteiger partial charge in [0.1, 0.15) is 24.3 Å². The first-order valence-electron chi connectivity index (χ1n) is 12.3. The molecule has 0 aromatic heterocycles. The number of benzene rings is 2. The third-order valence-corrected chi connectivity index (χ3v) is 7.01. The highest BCUT2D eigenvalue weighted by Crippen LogP contribution is 2.34. The van der Waals surface area contributed by atoms with Crippen LogP contribution in [0.1, 0.15) is 58.9 Å². The molecule has 4 rings (SSSR count). The first-order valence-corrected chi connectivity index (χ1v) is 12.3. The first kappa shape index (κ1) is 25.0. The van der Waals surface area contributed by atoms with Crippen LogP contribution in [0.15, 0.2) is 42.5 Å². The summed E-state index contributed by atoms with van der Waals surface area (Å²) in [5.41, 5.74) is 1.97. The average Bonchev–Trinajstić information content (AvgIpc) is 2.87. The molecule has 186 valence electrons. The average molecular weight is 482 g/mol. The van der Waals surface area contributed by atoms with Gasteiger partial charge in [0.15, 0.2) is 11.6 Å². The summed E-state index contributed by atoms with van der Waals surface area (Å²) in [6, 6.07) is 10.9. The molecule has 2 fully saturated rings. The number of nitrogens with zero attached hydrogens (tertiary/aromatic N) is 1. The highest BCUT2D eigenvalue weighted by atomic mass is 19.1. The Morgan fingerprint density at radius 1 is 1.06 bits per heavy atom. The summed E-state index contributed by atoms with van der Waals surface area (Å²) in [6.07, 6.45) is 2.88. The smallest absolute Gasteiger partial charge is 0.226 e. The molecule has 1 saturated carbocycles. The van der Waals surface area contributed by atoms with Gasteiger partial charge in [0.05, 0.1) is 13.2 Å². The lowest BCUT2D eigenvalue weighted by atomic mass is 9.74. The number of carbonyl (C=O) groups excluding carboxylic acids is 3. The largest absolute Gasteiger partial charge is 0.491 e. The number of ether oxygens (including phenoxy) is 2. The SMILES string of the molecule is CC(=O)c1ccc(OCC2CN(C(=O)C3CCCCC3C(=O)c3ccc(F)cc3)CCO2)cc1C. The van der Waals surface area contributed by atoms with Crippen molar-refractivity contribution in [3.8, 4) is 5.75 Å². The Bertz CT molecular complexity index is 1080. The van der Waals surface area contributed by atoms with Crippen molar-refractivity contribution in [2.45, 2.75) is 45.6 Å². The summed E-state index contributed by atoms with van der Waals surface area (Å²) in [5, 5.41) is 0. The zero-order chi connectivity index (χ0) is 24.9. The standard InChI is InChI=1S/C28H32FNO5/c1-18-15-22(11-12-24(18)19(2)31)35-17-23-16-30(13-14-34-23)28(33)26-6-4-3-5-25(26)27(32)20-7-9-21(29)10-8-20/h7-12,15,23,25-26H,3-6,13-14,16-17H2,1-2H3. The number of aryl methyl sites for hydroxylation is 1.